The van der Waals surface area contributed by atoms with Gasteiger partial charge in [0.05, 0.1) is 35.2 Å². The van der Waals surface area contributed by atoms with Crippen LogP contribution < -0.4 is 0 Å². The van der Waals surface area contributed by atoms with Crippen LogP contribution in [0, 0.1) is 6.92 Å². The molecule has 2 fully saturated rings. The topological polar surface area (TPSA) is 48.4 Å². The van der Waals surface area contributed by atoms with Crippen LogP contribution in [0.3, 0.4) is 0 Å². The van der Waals surface area contributed by atoms with Crippen molar-refractivity contribution < 1.29 is 14.3 Å². The van der Waals surface area contributed by atoms with Gasteiger partial charge in [-0.15, -0.1) is 11.3 Å². The molecule has 0 N–H and O–H groups in total. The Morgan fingerprint density at radius 1 is 1.47 bits per heavy atom. The number of hydrogen-bond donors (Lipinski definition) is 0. The van der Waals surface area contributed by atoms with Crippen molar-refractivity contribution in [3.05, 3.63) is 16.1 Å². The van der Waals surface area contributed by atoms with E-state index in [1.165, 1.54) is 0 Å². The molecule has 5 heteroatoms. The number of nitrogens with zero attached hydrogens (tertiary/aromatic N) is 1. The van der Waals surface area contributed by atoms with Crippen molar-refractivity contribution >= 4 is 17.3 Å². The normalized spacial score (nSPS) is 33.6. The highest BCUT2D eigenvalue weighted by molar-refractivity contribution is 7.09. The predicted molar refractivity (Wildman–Crippen MR) is 72.3 cm³/mol. The van der Waals surface area contributed by atoms with E-state index in [1.807, 2.05) is 6.92 Å². The lowest BCUT2D eigenvalue weighted by atomic mass is 9.74. The summed E-state index contributed by atoms with van der Waals surface area (Å²) in [6.07, 6.45) is 1.95. The van der Waals surface area contributed by atoms with Crippen LogP contribution in [0.4, 0.5) is 0 Å². The van der Waals surface area contributed by atoms with E-state index < -0.39 is 5.60 Å². The lowest BCUT2D eigenvalue weighted by molar-refractivity contribution is -0.174. The Morgan fingerprint density at radius 2 is 2.26 bits per heavy atom. The number of aryl methyl sites for hydroxylation is 1. The average molecular weight is 281 g/mol. The second-order valence-corrected chi connectivity index (χ2v) is 7.18. The minimum Gasteiger partial charge on any atom is -0.458 e. The molecule has 2 atom stereocenters. The van der Waals surface area contributed by atoms with Crippen molar-refractivity contribution in [1.82, 2.24) is 4.98 Å². The first-order valence-electron chi connectivity index (χ1n) is 6.68. The van der Waals surface area contributed by atoms with Crippen LogP contribution in [0.25, 0.3) is 0 Å². The van der Waals surface area contributed by atoms with Gasteiger partial charge < -0.3 is 9.47 Å². The number of rotatable bonds is 1. The van der Waals surface area contributed by atoms with E-state index in [2.05, 4.69) is 24.2 Å². The highest BCUT2D eigenvalue weighted by Crippen LogP contribution is 2.50. The third-order valence-electron chi connectivity index (χ3n) is 4.06. The van der Waals surface area contributed by atoms with Gasteiger partial charge in [-0.3, -0.25) is 4.79 Å². The molecule has 104 valence electrons. The number of esters is 1. The van der Waals surface area contributed by atoms with Gasteiger partial charge >= 0.3 is 5.97 Å². The molecule has 1 aromatic heterocycles. The fourth-order valence-corrected chi connectivity index (χ4v) is 4.02. The van der Waals surface area contributed by atoms with Crippen LogP contribution in [0.15, 0.2) is 5.38 Å². The zero-order valence-corrected chi connectivity index (χ0v) is 12.4. The van der Waals surface area contributed by atoms with E-state index in [-0.39, 0.29) is 17.5 Å². The van der Waals surface area contributed by atoms with Crippen molar-refractivity contribution in [1.29, 1.82) is 0 Å². The summed E-state index contributed by atoms with van der Waals surface area (Å²) < 4.78 is 11.5. The summed E-state index contributed by atoms with van der Waals surface area (Å²) in [6, 6.07) is 0. The molecule has 3 heterocycles. The summed E-state index contributed by atoms with van der Waals surface area (Å²) in [6.45, 7) is 6.75. The number of thiazole rings is 1. The summed E-state index contributed by atoms with van der Waals surface area (Å²) in [7, 11) is 0. The second-order valence-electron chi connectivity index (χ2n) is 6.12. The monoisotopic (exact) mass is 281 g/mol. The Hall–Kier alpha value is -0.940. The smallest absolute Gasteiger partial charge is 0.307 e. The second kappa shape index (κ2) is 4.28. The maximum atomic E-state index is 11.8. The molecule has 0 aliphatic carbocycles. The largest absolute Gasteiger partial charge is 0.458 e. The summed E-state index contributed by atoms with van der Waals surface area (Å²) in [5, 5.41) is 3.10. The molecule has 3 rings (SSSR count). The van der Waals surface area contributed by atoms with Gasteiger partial charge in [0.2, 0.25) is 0 Å². The third-order valence-corrected chi connectivity index (χ3v) is 4.85. The highest BCUT2D eigenvalue weighted by atomic mass is 32.1. The lowest BCUT2D eigenvalue weighted by Gasteiger charge is -2.43. The molecule has 2 aliphatic heterocycles. The van der Waals surface area contributed by atoms with Gasteiger partial charge in [-0.1, -0.05) is 0 Å². The Kier molecular flexibility index (Phi) is 2.94. The predicted octanol–water partition coefficient (Wildman–Crippen LogP) is 2.81. The van der Waals surface area contributed by atoms with E-state index in [0.29, 0.717) is 13.0 Å². The standard InChI is InChI=1S/C14H19NO3S/c1-9-15-11(7-19-9)10-6-12(16)18-14(10)4-5-17-13(2,3)8-14/h7,10H,4-6,8H2,1-3H3/t10-,14-/m1/s1. The number of carbonyl (C=O) groups excluding carboxylic acids is 1. The Balaban J connectivity index is 1.96. The van der Waals surface area contributed by atoms with Crippen LogP contribution in [-0.2, 0) is 14.3 Å². The van der Waals surface area contributed by atoms with Crippen LogP contribution in [-0.4, -0.2) is 28.8 Å². The van der Waals surface area contributed by atoms with Crippen molar-refractivity contribution in [3.63, 3.8) is 0 Å². The van der Waals surface area contributed by atoms with Crippen molar-refractivity contribution in [2.75, 3.05) is 6.61 Å². The van der Waals surface area contributed by atoms with Crippen molar-refractivity contribution in [2.24, 2.45) is 0 Å². The molecule has 0 amide bonds. The highest BCUT2D eigenvalue weighted by Gasteiger charge is 2.55. The van der Waals surface area contributed by atoms with Crippen LogP contribution in [0.2, 0.25) is 0 Å². The summed E-state index contributed by atoms with van der Waals surface area (Å²) >= 11 is 1.63. The van der Waals surface area contributed by atoms with E-state index in [4.69, 9.17) is 9.47 Å². The summed E-state index contributed by atoms with van der Waals surface area (Å²) in [5.41, 5.74) is 0.344. The van der Waals surface area contributed by atoms with Crippen LogP contribution in [0.5, 0.6) is 0 Å². The summed E-state index contributed by atoms with van der Waals surface area (Å²) in [5.74, 6) is -0.0264. The summed E-state index contributed by atoms with van der Waals surface area (Å²) in [4.78, 5) is 16.4. The van der Waals surface area contributed by atoms with Crippen LogP contribution >= 0.6 is 11.3 Å². The maximum Gasteiger partial charge on any atom is 0.307 e. The number of hydrogen-bond acceptors (Lipinski definition) is 5. The van der Waals surface area contributed by atoms with E-state index in [0.717, 1.165) is 23.5 Å². The Morgan fingerprint density at radius 3 is 2.89 bits per heavy atom. The van der Waals surface area contributed by atoms with Gasteiger partial charge in [0.25, 0.3) is 0 Å². The van der Waals surface area contributed by atoms with Crippen LogP contribution in [0.1, 0.15) is 49.7 Å². The minimum absolute atomic E-state index is 0.0770. The molecule has 0 saturated carbocycles. The van der Waals surface area contributed by atoms with Gasteiger partial charge in [0, 0.05) is 18.2 Å². The minimum atomic E-state index is -0.417. The fourth-order valence-electron chi connectivity index (χ4n) is 3.35. The molecule has 0 unspecified atom stereocenters. The van der Waals surface area contributed by atoms with Crippen molar-refractivity contribution in [3.8, 4) is 0 Å². The van der Waals surface area contributed by atoms with E-state index in [9.17, 15) is 4.79 Å². The van der Waals surface area contributed by atoms with Gasteiger partial charge in [-0.25, -0.2) is 4.98 Å². The van der Waals surface area contributed by atoms with Gasteiger partial charge in [0.15, 0.2) is 0 Å². The molecule has 19 heavy (non-hydrogen) atoms. The van der Waals surface area contributed by atoms with Crippen molar-refractivity contribution in [2.45, 2.75) is 57.2 Å². The van der Waals surface area contributed by atoms with E-state index >= 15 is 0 Å². The van der Waals surface area contributed by atoms with E-state index in [1.54, 1.807) is 11.3 Å². The molecule has 2 saturated heterocycles. The first kappa shape index (κ1) is 13.1. The molecule has 1 spiro atoms. The van der Waals surface area contributed by atoms with Gasteiger partial charge in [-0.05, 0) is 20.8 Å². The lowest BCUT2D eigenvalue weighted by Crippen LogP contribution is -2.48. The molecular formula is C14H19NO3S. The number of aromatic nitrogens is 1. The fraction of sp³-hybridized carbons (Fsp3) is 0.714. The first-order valence-corrected chi connectivity index (χ1v) is 7.56. The Labute approximate surface area is 117 Å². The Bertz CT molecular complexity index is 511. The molecule has 0 aromatic carbocycles. The molecule has 0 radical (unpaired) electrons. The molecule has 4 nitrogen and oxygen atoms in total. The maximum absolute atomic E-state index is 11.8. The molecule has 0 bridgehead atoms. The number of ether oxygens (including phenoxy) is 2. The molecule has 2 aliphatic rings. The quantitative estimate of drug-likeness (QED) is 0.743. The zero-order chi connectivity index (χ0) is 13.7. The SMILES string of the molecule is Cc1nc([C@H]2CC(=O)O[C@@]23CCOC(C)(C)C3)cs1. The third kappa shape index (κ3) is 2.30. The van der Waals surface area contributed by atoms with Gasteiger partial charge in [-0.2, -0.15) is 0 Å². The number of carbonyl (C=O) groups is 1. The first-order chi connectivity index (χ1) is 8.90. The van der Waals surface area contributed by atoms with Gasteiger partial charge in [0.1, 0.15) is 5.60 Å². The zero-order valence-electron chi connectivity index (χ0n) is 11.6. The molecular weight excluding hydrogens is 262 g/mol. The molecule has 1 aromatic rings. The average Bonchev–Trinajstić information content (AvgIpc) is 2.82.